The summed E-state index contributed by atoms with van der Waals surface area (Å²) in [4.78, 5) is 18.7. The maximum Gasteiger partial charge on any atom is 0.354 e. The van der Waals surface area contributed by atoms with Crippen molar-refractivity contribution in [3.05, 3.63) is 16.4 Å². The first kappa shape index (κ1) is 16.1. The van der Waals surface area contributed by atoms with Gasteiger partial charge in [0.1, 0.15) is 6.33 Å². The predicted molar refractivity (Wildman–Crippen MR) is 78.6 cm³/mol. The van der Waals surface area contributed by atoms with E-state index >= 15 is 0 Å². The third kappa shape index (κ3) is 4.96. The molecule has 0 aliphatic carbocycles. The highest BCUT2D eigenvalue weighted by atomic mass is 16.6. The summed E-state index contributed by atoms with van der Waals surface area (Å²) >= 11 is 0. The van der Waals surface area contributed by atoms with E-state index < -0.39 is 4.92 Å². The molecule has 1 aromatic rings. The highest BCUT2D eigenvalue weighted by Crippen LogP contribution is 2.30. The fraction of sp³-hybridized carbons (Fsp3) is 0.667. The van der Waals surface area contributed by atoms with Crippen LogP contribution in [0.1, 0.15) is 41.5 Å². The molecular formula is C12H22N6O2. The number of nitrogens with one attached hydrogen (secondary N) is 3. The van der Waals surface area contributed by atoms with Crippen LogP contribution in [-0.4, -0.2) is 26.0 Å². The molecule has 1 rings (SSSR count). The van der Waals surface area contributed by atoms with E-state index in [4.69, 9.17) is 0 Å². The molecule has 0 aliphatic rings. The van der Waals surface area contributed by atoms with Crippen LogP contribution in [0, 0.1) is 10.1 Å². The van der Waals surface area contributed by atoms with Crippen LogP contribution in [0.4, 0.5) is 17.3 Å². The monoisotopic (exact) mass is 282 g/mol. The van der Waals surface area contributed by atoms with Gasteiger partial charge in [-0.05, 0) is 41.5 Å². The molecule has 0 atom stereocenters. The molecule has 0 unspecified atom stereocenters. The summed E-state index contributed by atoms with van der Waals surface area (Å²) in [6.45, 7) is 11.5. The van der Waals surface area contributed by atoms with Crippen molar-refractivity contribution in [3.63, 3.8) is 0 Å². The lowest BCUT2D eigenvalue weighted by Crippen LogP contribution is -2.40. The zero-order valence-corrected chi connectivity index (χ0v) is 12.7. The molecule has 112 valence electrons. The Labute approximate surface area is 118 Å². The Balaban J connectivity index is 3.12. The minimum Gasteiger partial charge on any atom is -0.360 e. The van der Waals surface area contributed by atoms with Crippen molar-refractivity contribution in [2.24, 2.45) is 0 Å². The van der Waals surface area contributed by atoms with Gasteiger partial charge >= 0.3 is 5.69 Å². The van der Waals surface area contributed by atoms with Gasteiger partial charge in [0.2, 0.25) is 11.6 Å². The summed E-state index contributed by atoms with van der Waals surface area (Å²) in [6.07, 6.45) is 1.29. The maximum atomic E-state index is 11.3. The van der Waals surface area contributed by atoms with Crippen molar-refractivity contribution in [2.75, 3.05) is 10.7 Å². The van der Waals surface area contributed by atoms with Crippen LogP contribution in [0.5, 0.6) is 0 Å². The second kappa shape index (κ2) is 5.58. The number of nitro groups is 1. The van der Waals surface area contributed by atoms with E-state index in [-0.39, 0.29) is 28.4 Å². The third-order valence-corrected chi connectivity index (χ3v) is 2.05. The van der Waals surface area contributed by atoms with E-state index in [1.807, 2.05) is 41.5 Å². The molecule has 8 nitrogen and oxygen atoms in total. The highest BCUT2D eigenvalue weighted by Gasteiger charge is 2.26. The molecule has 20 heavy (non-hydrogen) atoms. The molecule has 3 N–H and O–H groups in total. The second-order valence-electron chi connectivity index (χ2n) is 6.55. The Hall–Kier alpha value is -1.96. The Morgan fingerprint density at radius 3 is 2.05 bits per heavy atom. The predicted octanol–water partition coefficient (Wildman–Crippen LogP) is 2.31. The van der Waals surface area contributed by atoms with E-state index in [1.54, 1.807) is 0 Å². The SMILES string of the molecule is CC(C)(C)NNc1ncnc(NC(C)(C)C)c1[N+](=O)[O-]. The molecule has 0 radical (unpaired) electrons. The van der Waals surface area contributed by atoms with Crippen LogP contribution in [0.15, 0.2) is 6.33 Å². The Kier molecular flexibility index (Phi) is 4.49. The molecule has 0 fully saturated rings. The number of hydrogen-bond acceptors (Lipinski definition) is 7. The van der Waals surface area contributed by atoms with Gasteiger partial charge in [0.15, 0.2) is 0 Å². The Morgan fingerprint density at radius 1 is 1.05 bits per heavy atom. The third-order valence-electron chi connectivity index (χ3n) is 2.05. The molecule has 1 heterocycles. The van der Waals surface area contributed by atoms with Gasteiger partial charge < -0.3 is 5.32 Å². The van der Waals surface area contributed by atoms with Gasteiger partial charge in [-0.15, -0.1) is 0 Å². The molecule has 0 aliphatic heterocycles. The van der Waals surface area contributed by atoms with Crippen molar-refractivity contribution >= 4 is 17.3 Å². The summed E-state index contributed by atoms with van der Waals surface area (Å²) < 4.78 is 0. The van der Waals surface area contributed by atoms with Crippen LogP contribution in [-0.2, 0) is 0 Å². The summed E-state index contributed by atoms with van der Waals surface area (Å²) in [5.74, 6) is 0.322. The van der Waals surface area contributed by atoms with Crippen LogP contribution in [0.25, 0.3) is 0 Å². The average molecular weight is 282 g/mol. The van der Waals surface area contributed by atoms with Gasteiger partial charge in [0.05, 0.1) is 4.92 Å². The molecule has 1 aromatic heterocycles. The van der Waals surface area contributed by atoms with Gasteiger partial charge in [0.25, 0.3) is 0 Å². The number of nitrogens with zero attached hydrogens (tertiary/aromatic N) is 3. The van der Waals surface area contributed by atoms with Gasteiger partial charge in [-0.2, -0.15) is 0 Å². The second-order valence-corrected chi connectivity index (χ2v) is 6.55. The first-order valence-electron chi connectivity index (χ1n) is 6.30. The lowest BCUT2D eigenvalue weighted by Gasteiger charge is -2.23. The molecule has 0 amide bonds. The number of rotatable bonds is 4. The zero-order chi connectivity index (χ0) is 15.6. The topological polar surface area (TPSA) is 105 Å². The molecule has 0 saturated heterocycles. The van der Waals surface area contributed by atoms with E-state index in [0.29, 0.717) is 0 Å². The van der Waals surface area contributed by atoms with Crippen LogP contribution in [0.3, 0.4) is 0 Å². The minimum atomic E-state index is -0.499. The van der Waals surface area contributed by atoms with Gasteiger partial charge in [-0.1, -0.05) is 0 Å². The normalized spacial score (nSPS) is 12.1. The van der Waals surface area contributed by atoms with Crippen molar-refractivity contribution in [3.8, 4) is 0 Å². The molecule has 8 heteroatoms. The van der Waals surface area contributed by atoms with Gasteiger partial charge in [-0.25, -0.2) is 15.4 Å². The Morgan fingerprint density at radius 2 is 1.60 bits per heavy atom. The van der Waals surface area contributed by atoms with Crippen molar-refractivity contribution in [1.29, 1.82) is 0 Å². The Bertz CT molecular complexity index is 490. The van der Waals surface area contributed by atoms with E-state index in [0.717, 1.165) is 0 Å². The molecular weight excluding hydrogens is 260 g/mol. The molecule has 0 saturated carbocycles. The average Bonchev–Trinajstić information content (AvgIpc) is 2.22. The van der Waals surface area contributed by atoms with E-state index in [2.05, 4.69) is 26.1 Å². The summed E-state index contributed by atoms with van der Waals surface area (Å²) in [7, 11) is 0. The number of hydrazine groups is 1. The quantitative estimate of drug-likeness (QED) is 0.574. The first-order chi connectivity index (χ1) is 8.99. The lowest BCUT2D eigenvalue weighted by atomic mass is 10.1. The van der Waals surface area contributed by atoms with E-state index in [9.17, 15) is 10.1 Å². The fourth-order valence-electron chi connectivity index (χ4n) is 1.34. The largest absolute Gasteiger partial charge is 0.360 e. The first-order valence-corrected chi connectivity index (χ1v) is 6.30. The molecule has 0 bridgehead atoms. The van der Waals surface area contributed by atoms with Crippen LogP contribution >= 0.6 is 0 Å². The fourth-order valence-corrected chi connectivity index (χ4v) is 1.34. The molecule has 0 spiro atoms. The standard InChI is InChI=1S/C12H22N6O2/c1-11(2,3)15-9-8(18(19)20)10(14-7-13-9)16-17-12(4,5)6/h7,17H,1-6H3,(H2,13,14,15,16). The number of hydrogen-bond donors (Lipinski definition) is 3. The summed E-state index contributed by atoms with van der Waals surface area (Å²) in [5, 5.41) is 14.3. The number of anilines is 2. The minimum absolute atomic E-state index is 0.131. The zero-order valence-electron chi connectivity index (χ0n) is 12.7. The van der Waals surface area contributed by atoms with Crippen molar-refractivity contribution in [1.82, 2.24) is 15.4 Å². The number of aromatic nitrogens is 2. The van der Waals surface area contributed by atoms with Crippen LogP contribution in [0.2, 0.25) is 0 Å². The van der Waals surface area contributed by atoms with Crippen molar-refractivity contribution < 1.29 is 4.92 Å². The molecule has 0 aromatic carbocycles. The summed E-state index contributed by atoms with van der Waals surface area (Å²) in [5.41, 5.74) is 4.95. The van der Waals surface area contributed by atoms with Gasteiger partial charge in [-0.3, -0.25) is 15.5 Å². The van der Waals surface area contributed by atoms with Gasteiger partial charge in [0, 0.05) is 11.1 Å². The van der Waals surface area contributed by atoms with Crippen LogP contribution < -0.4 is 16.2 Å². The summed E-state index contributed by atoms with van der Waals surface area (Å²) in [6, 6.07) is 0. The smallest absolute Gasteiger partial charge is 0.354 e. The van der Waals surface area contributed by atoms with Crippen molar-refractivity contribution in [2.45, 2.75) is 52.6 Å². The highest BCUT2D eigenvalue weighted by molar-refractivity contribution is 5.69. The maximum absolute atomic E-state index is 11.3. The lowest BCUT2D eigenvalue weighted by molar-refractivity contribution is -0.383. The van der Waals surface area contributed by atoms with E-state index in [1.165, 1.54) is 6.33 Å².